The Kier molecular flexibility index (Phi) is 6.32. The van der Waals surface area contributed by atoms with Gasteiger partial charge in [-0.25, -0.2) is 13.6 Å². The average Bonchev–Trinajstić information content (AvgIpc) is 2.36. The largest absolute Gasteiger partial charge is 0.326 e. The minimum absolute atomic E-state index is 0.00938. The zero-order chi connectivity index (χ0) is 16.0. The van der Waals surface area contributed by atoms with Crippen molar-refractivity contribution >= 4 is 21.6 Å². The molecule has 1 rings (SSSR count). The minimum atomic E-state index is -3.77. The number of hydrogen-bond donors (Lipinski definition) is 3. The van der Waals surface area contributed by atoms with E-state index in [4.69, 9.17) is 5.14 Å². The summed E-state index contributed by atoms with van der Waals surface area (Å²) >= 11 is 0. The summed E-state index contributed by atoms with van der Waals surface area (Å²) in [6.07, 6.45) is 1.09. The Labute approximate surface area is 126 Å². The summed E-state index contributed by atoms with van der Waals surface area (Å²) in [6.45, 7) is 6.65. The van der Waals surface area contributed by atoms with Crippen molar-refractivity contribution < 1.29 is 13.2 Å². The molecule has 1 aromatic rings. The lowest BCUT2D eigenvalue weighted by molar-refractivity contribution is -0.116. The number of anilines is 1. The fraction of sp³-hybridized carbons (Fsp3) is 0.500. The lowest BCUT2D eigenvalue weighted by Crippen LogP contribution is -2.24. The molecule has 0 bridgehead atoms. The van der Waals surface area contributed by atoms with Gasteiger partial charge >= 0.3 is 0 Å². The predicted molar refractivity (Wildman–Crippen MR) is 83.6 cm³/mol. The molecule has 0 aliphatic heterocycles. The van der Waals surface area contributed by atoms with Crippen LogP contribution in [0.2, 0.25) is 0 Å². The quantitative estimate of drug-likeness (QED) is 0.661. The summed E-state index contributed by atoms with van der Waals surface area (Å²) in [6, 6.07) is 4.82. The second-order valence-corrected chi connectivity index (χ2v) is 6.84. The van der Waals surface area contributed by atoms with E-state index >= 15 is 0 Å². The standard InChI is InChI=1S/C14H23N3O3S/c1-10(2)16-8-4-5-14(18)17-13-9-12(21(15,19)20)7-6-11(13)3/h6-7,9-10,16H,4-5,8H2,1-3H3,(H,17,18)(H2,15,19,20). The van der Waals surface area contributed by atoms with Crippen molar-refractivity contribution in [3.8, 4) is 0 Å². The monoisotopic (exact) mass is 313 g/mol. The number of rotatable bonds is 7. The van der Waals surface area contributed by atoms with Gasteiger partial charge in [-0.05, 0) is 37.6 Å². The van der Waals surface area contributed by atoms with E-state index in [0.29, 0.717) is 18.2 Å². The molecule has 0 aliphatic rings. The number of primary sulfonamides is 1. The van der Waals surface area contributed by atoms with Crippen LogP contribution in [0.25, 0.3) is 0 Å². The zero-order valence-corrected chi connectivity index (χ0v) is 13.5. The maximum absolute atomic E-state index is 11.9. The Balaban J connectivity index is 2.64. The minimum Gasteiger partial charge on any atom is -0.326 e. The summed E-state index contributed by atoms with van der Waals surface area (Å²) in [4.78, 5) is 11.8. The van der Waals surface area contributed by atoms with Crippen LogP contribution >= 0.6 is 0 Å². The highest BCUT2D eigenvalue weighted by atomic mass is 32.2. The number of carbonyl (C=O) groups is 1. The number of nitrogens with one attached hydrogen (secondary N) is 2. The number of hydrogen-bond acceptors (Lipinski definition) is 4. The number of nitrogens with two attached hydrogens (primary N) is 1. The highest BCUT2D eigenvalue weighted by Gasteiger charge is 2.11. The number of sulfonamides is 1. The van der Waals surface area contributed by atoms with E-state index < -0.39 is 10.0 Å². The molecular weight excluding hydrogens is 290 g/mol. The molecular formula is C14H23N3O3S. The molecule has 0 aromatic heterocycles. The van der Waals surface area contributed by atoms with E-state index in [9.17, 15) is 13.2 Å². The van der Waals surface area contributed by atoms with Gasteiger partial charge in [0.05, 0.1) is 4.90 Å². The maximum Gasteiger partial charge on any atom is 0.238 e. The third-order valence-corrected chi connectivity index (χ3v) is 3.86. The molecule has 0 unspecified atom stereocenters. The van der Waals surface area contributed by atoms with E-state index in [1.807, 2.05) is 13.8 Å². The van der Waals surface area contributed by atoms with E-state index in [-0.39, 0.29) is 10.8 Å². The first-order chi connectivity index (χ1) is 9.70. The molecule has 1 amide bonds. The van der Waals surface area contributed by atoms with Crippen molar-refractivity contribution in [2.45, 2.75) is 44.6 Å². The van der Waals surface area contributed by atoms with Crippen molar-refractivity contribution in [1.82, 2.24) is 5.32 Å². The zero-order valence-electron chi connectivity index (χ0n) is 12.6. The Morgan fingerprint density at radius 1 is 1.33 bits per heavy atom. The SMILES string of the molecule is Cc1ccc(S(N)(=O)=O)cc1NC(=O)CCCNC(C)C. The van der Waals surface area contributed by atoms with Gasteiger partial charge in [-0.3, -0.25) is 4.79 Å². The third-order valence-electron chi connectivity index (χ3n) is 2.94. The predicted octanol–water partition coefficient (Wildman–Crippen LogP) is 1.36. The summed E-state index contributed by atoms with van der Waals surface area (Å²) < 4.78 is 22.6. The summed E-state index contributed by atoms with van der Waals surface area (Å²) in [5.41, 5.74) is 1.26. The topological polar surface area (TPSA) is 101 Å². The number of carbonyl (C=O) groups excluding carboxylic acids is 1. The highest BCUT2D eigenvalue weighted by molar-refractivity contribution is 7.89. The van der Waals surface area contributed by atoms with Crippen LogP contribution in [0.3, 0.4) is 0 Å². The van der Waals surface area contributed by atoms with Gasteiger partial charge in [0.25, 0.3) is 0 Å². The Morgan fingerprint density at radius 2 is 2.00 bits per heavy atom. The van der Waals surface area contributed by atoms with Crippen molar-refractivity contribution in [3.05, 3.63) is 23.8 Å². The molecule has 21 heavy (non-hydrogen) atoms. The van der Waals surface area contributed by atoms with Crippen LogP contribution < -0.4 is 15.8 Å². The first kappa shape index (κ1) is 17.6. The van der Waals surface area contributed by atoms with E-state index in [0.717, 1.165) is 18.5 Å². The van der Waals surface area contributed by atoms with Crippen molar-refractivity contribution in [1.29, 1.82) is 0 Å². The maximum atomic E-state index is 11.9. The molecule has 1 aromatic carbocycles. The molecule has 0 saturated carbocycles. The molecule has 0 radical (unpaired) electrons. The number of amides is 1. The molecule has 118 valence electrons. The Bertz CT molecular complexity index is 597. The Hall–Kier alpha value is -1.44. The fourth-order valence-electron chi connectivity index (χ4n) is 1.77. The molecule has 0 saturated heterocycles. The normalized spacial score (nSPS) is 11.7. The van der Waals surface area contributed by atoms with Crippen LogP contribution in [0.4, 0.5) is 5.69 Å². The molecule has 0 aliphatic carbocycles. The van der Waals surface area contributed by atoms with Crippen molar-refractivity contribution in [2.75, 3.05) is 11.9 Å². The molecule has 0 heterocycles. The van der Waals surface area contributed by atoms with Crippen molar-refractivity contribution in [3.63, 3.8) is 0 Å². The summed E-state index contributed by atoms with van der Waals surface area (Å²) in [5.74, 6) is -0.143. The van der Waals surface area contributed by atoms with Crippen molar-refractivity contribution in [2.24, 2.45) is 5.14 Å². The first-order valence-corrected chi connectivity index (χ1v) is 8.41. The van der Waals surface area contributed by atoms with Gasteiger partial charge in [-0.2, -0.15) is 0 Å². The first-order valence-electron chi connectivity index (χ1n) is 6.87. The van der Waals surface area contributed by atoms with Gasteiger partial charge in [-0.1, -0.05) is 19.9 Å². The van der Waals surface area contributed by atoms with Gasteiger partial charge in [0.15, 0.2) is 0 Å². The highest BCUT2D eigenvalue weighted by Crippen LogP contribution is 2.19. The molecule has 0 atom stereocenters. The Morgan fingerprint density at radius 3 is 2.57 bits per heavy atom. The van der Waals surface area contributed by atoms with Gasteiger partial charge in [0, 0.05) is 18.2 Å². The molecule has 7 heteroatoms. The van der Waals surface area contributed by atoms with Crippen LogP contribution in [-0.2, 0) is 14.8 Å². The average molecular weight is 313 g/mol. The van der Waals surface area contributed by atoms with E-state index in [1.165, 1.54) is 12.1 Å². The second kappa shape index (κ2) is 7.53. The van der Waals surface area contributed by atoms with Gasteiger partial charge < -0.3 is 10.6 Å². The second-order valence-electron chi connectivity index (χ2n) is 5.28. The van der Waals surface area contributed by atoms with Gasteiger partial charge in [0.2, 0.25) is 15.9 Å². The fourth-order valence-corrected chi connectivity index (χ4v) is 2.30. The number of benzene rings is 1. The van der Waals surface area contributed by atoms with E-state index in [2.05, 4.69) is 10.6 Å². The lowest BCUT2D eigenvalue weighted by atomic mass is 10.2. The summed E-state index contributed by atoms with van der Waals surface area (Å²) in [5, 5.41) is 11.0. The van der Waals surface area contributed by atoms with Crippen LogP contribution in [0.5, 0.6) is 0 Å². The van der Waals surface area contributed by atoms with Crippen LogP contribution in [-0.4, -0.2) is 26.9 Å². The molecule has 0 spiro atoms. The third kappa shape index (κ3) is 6.24. The smallest absolute Gasteiger partial charge is 0.238 e. The summed E-state index contributed by atoms with van der Waals surface area (Å²) in [7, 11) is -3.77. The van der Waals surface area contributed by atoms with Gasteiger partial charge in [0.1, 0.15) is 0 Å². The lowest BCUT2D eigenvalue weighted by Gasteiger charge is -2.11. The van der Waals surface area contributed by atoms with Crippen LogP contribution in [0.1, 0.15) is 32.3 Å². The number of aryl methyl sites for hydroxylation is 1. The van der Waals surface area contributed by atoms with Crippen LogP contribution in [0.15, 0.2) is 23.1 Å². The molecule has 6 nitrogen and oxygen atoms in total. The molecule has 0 fully saturated rings. The van der Waals surface area contributed by atoms with E-state index in [1.54, 1.807) is 13.0 Å². The van der Waals surface area contributed by atoms with Crippen LogP contribution in [0, 0.1) is 6.92 Å². The van der Waals surface area contributed by atoms with Gasteiger partial charge in [-0.15, -0.1) is 0 Å². The molecule has 4 N–H and O–H groups in total.